The fourth-order valence-corrected chi connectivity index (χ4v) is 4.56. The van der Waals surface area contributed by atoms with Crippen molar-refractivity contribution in [3.63, 3.8) is 0 Å². The average molecular weight is 314 g/mol. The first-order chi connectivity index (χ1) is 9.73. The highest BCUT2D eigenvalue weighted by Crippen LogP contribution is 2.35. The second-order valence-corrected chi connectivity index (χ2v) is 8.22. The molecule has 1 atom stereocenters. The standard InChI is InChI=1S/C15H23FN2O2S/c1-15(2)7-3-4-13(9-15)18-21(19,20)14-8-12(16)6-5-11(14)10-17/h5-6,8,13,18H,3-4,7,9-10,17H2,1-2H3. The molecule has 3 N–H and O–H groups in total. The number of nitrogens with one attached hydrogen (secondary N) is 1. The van der Waals surface area contributed by atoms with Crippen LogP contribution in [0.4, 0.5) is 4.39 Å². The molecule has 21 heavy (non-hydrogen) atoms. The van der Waals surface area contributed by atoms with Crippen LogP contribution in [0.1, 0.15) is 45.1 Å². The van der Waals surface area contributed by atoms with Gasteiger partial charge >= 0.3 is 0 Å². The summed E-state index contributed by atoms with van der Waals surface area (Å²) in [7, 11) is -3.75. The summed E-state index contributed by atoms with van der Waals surface area (Å²) >= 11 is 0. The van der Waals surface area contributed by atoms with E-state index in [-0.39, 0.29) is 22.9 Å². The van der Waals surface area contributed by atoms with Crippen LogP contribution in [-0.4, -0.2) is 14.5 Å². The van der Waals surface area contributed by atoms with Crippen molar-refractivity contribution in [3.05, 3.63) is 29.6 Å². The van der Waals surface area contributed by atoms with Gasteiger partial charge in [-0.05, 0) is 42.4 Å². The Morgan fingerprint density at radius 2 is 2.14 bits per heavy atom. The molecule has 0 aliphatic heterocycles. The summed E-state index contributed by atoms with van der Waals surface area (Å²) in [6.07, 6.45) is 3.70. The molecule has 1 aliphatic rings. The maximum Gasteiger partial charge on any atom is 0.241 e. The van der Waals surface area contributed by atoms with E-state index in [0.29, 0.717) is 5.56 Å². The Morgan fingerprint density at radius 1 is 1.43 bits per heavy atom. The van der Waals surface area contributed by atoms with Crippen molar-refractivity contribution in [1.82, 2.24) is 4.72 Å². The molecule has 1 aliphatic carbocycles. The number of halogens is 1. The second kappa shape index (κ2) is 6.02. The fourth-order valence-electron chi connectivity index (χ4n) is 3.03. The van der Waals surface area contributed by atoms with Crippen molar-refractivity contribution in [2.75, 3.05) is 0 Å². The van der Waals surface area contributed by atoms with Crippen LogP contribution in [-0.2, 0) is 16.6 Å². The predicted octanol–water partition coefficient (Wildman–Crippen LogP) is 2.53. The predicted molar refractivity (Wildman–Crippen MR) is 80.6 cm³/mol. The summed E-state index contributed by atoms with van der Waals surface area (Å²) in [6, 6.07) is 3.59. The Hall–Kier alpha value is -0.980. The summed E-state index contributed by atoms with van der Waals surface area (Å²) < 4.78 is 41.1. The molecule has 4 nitrogen and oxygen atoms in total. The Kier molecular flexibility index (Phi) is 4.70. The molecule has 0 aromatic heterocycles. The van der Waals surface area contributed by atoms with Crippen molar-refractivity contribution in [2.45, 2.75) is 57.0 Å². The smallest absolute Gasteiger partial charge is 0.241 e. The Balaban J connectivity index is 2.24. The molecule has 6 heteroatoms. The lowest BCUT2D eigenvalue weighted by Gasteiger charge is -2.35. The van der Waals surface area contributed by atoms with Gasteiger partial charge < -0.3 is 5.73 Å². The van der Waals surface area contributed by atoms with Crippen LogP contribution < -0.4 is 10.5 Å². The minimum absolute atomic E-state index is 0.0478. The lowest BCUT2D eigenvalue weighted by atomic mass is 9.75. The van der Waals surface area contributed by atoms with Crippen LogP contribution in [0.5, 0.6) is 0 Å². The molecule has 1 fully saturated rings. The second-order valence-electron chi connectivity index (χ2n) is 6.53. The SMILES string of the molecule is CC1(C)CCCC(NS(=O)(=O)c2cc(F)ccc2CN)C1. The summed E-state index contributed by atoms with van der Waals surface area (Å²) in [5.41, 5.74) is 6.12. The van der Waals surface area contributed by atoms with E-state index in [1.165, 1.54) is 12.1 Å². The van der Waals surface area contributed by atoms with E-state index in [2.05, 4.69) is 18.6 Å². The number of hydrogen-bond donors (Lipinski definition) is 2. The molecule has 118 valence electrons. The zero-order valence-electron chi connectivity index (χ0n) is 12.5. The minimum atomic E-state index is -3.75. The van der Waals surface area contributed by atoms with Gasteiger partial charge in [-0.15, -0.1) is 0 Å². The van der Waals surface area contributed by atoms with Gasteiger partial charge in [0.25, 0.3) is 0 Å². The first-order valence-corrected chi connectivity index (χ1v) is 8.73. The van der Waals surface area contributed by atoms with Crippen LogP contribution in [0.25, 0.3) is 0 Å². The van der Waals surface area contributed by atoms with Gasteiger partial charge in [0.2, 0.25) is 10.0 Å². The quantitative estimate of drug-likeness (QED) is 0.897. The van der Waals surface area contributed by atoms with Crippen LogP contribution in [0, 0.1) is 11.2 Å². The first-order valence-electron chi connectivity index (χ1n) is 7.24. The summed E-state index contributed by atoms with van der Waals surface area (Å²) in [6.45, 7) is 4.34. The van der Waals surface area contributed by atoms with Crippen LogP contribution in [0.15, 0.2) is 23.1 Å². The molecule has 0 spiro atoms. The molecule has 1 aromatic carbocycles. The number of benzene rings is 1. The maximum atomic E-state index is 13.4. The molecule has 0 bridgehead atoms. The van der Waals surface area contributed by atoms with Crippen LogP contribution in [0.3, 0.4) is 0 Å². The number of sulfonamides is 1. The lowest BCUT2D eigenvalue weighted by molar-refractivity contribution is 0.212. The van der Waals surface area contributed by atoms with Gasteiger partial charge in [-0.1, -0.05) is 26.3 Å². The summed E-state index contributed by atoms with van der Waals surface area (Å²) in [5, 5.41) is 0. The average Bonchev–Trinajstić information content (AvgIpc) is 2.37. The largest absolute Gasteiger partial charge is 0.326 e. The maximum absolute atomic E-state index is 13.4. The van der Waals surface area contributed by atoms with Gasteiger partial charge in [-0.3, -0.25) is 0 Å². The zero-order valence-corrected chi connectivity index (χ0v) is 13.3. The van der Waals surface area contributed by atoms with E-state index in [0.717, 1.165) is 31.7 Å². The molecule has 1 aromatic rings. The van der Waals surface area contributed by atoms with E-state index in [9.17, 15) is 12.8 Å². The van der Waals surface area contributed by atoms with Crippen LogP contribution in [0.2, 0.25) is 0 Å². The molecular formula is C15H23FN2O2S. The van der Waals surface area contributed by atoms with Gasteiger partial charge in [0.1, 0.15) is 5.82 Å². The number of rotatable bonds is 4. The van der Waals surface area contributed by atoms with Crippen molar-refractivity contribution in [1.29, 1.82) is 0 Å². The summed E-state index contributed by atoms with van der Waals surface area (Å²) in [5.74, 6) is -0.573. The highest BCUT2D eigenvalue weighted by Gasteiger charge is 2.31. The van der Waals surface area contributed by atoms with Crippen molar-refractivity contribution in [2.24, 2.45) is 11.1 Å². The topological polar surface area (TPSA) is 72.2 Å². The highest BCUT2D eigenvalue weighted by atomic mass is 32.2. The van der Waals surface area contributed by atoms with Gasteiger partial charge in [0.15, 0.2) is 0 Å². The highest BCUT2D eigenvalue weighted by molar-refractivity contribution is 7.89. The molecule has 1 saturated carbocycles. The molecule has 2 rings (SSSR count). The van der Waals surface area contributed by atoms with Gasteiger partial charge in [-0.2, -0.15) is 0 Å². The van der Waals surface area contributed by atoms with Crippen molar-refractivity contribution < 1.29 is 12.8 Å². The first kappa shape index (κ1) is 16.4. The van der Waals surface area contributed by atoms with Gasteiger partial charge in [-0.25, -0.2) is 17.5 Å². The molecule has 0 radical (unpaired) electrons. The monoisotopic (exact) mass is 314 g/mol. The van der Waals surface area contributed by atoms with Crippen molar-refractivity contribution in [3.8, 4) is 0 Å². The minimum Gasteiger partial charge on any atom is -0.326 e. The van der Waals surface area contributed by atoms with Gasteiger partial charge in [0.05, 0.1) is 4.90 Å². The third-order valence-corrected chi connectivity index (χ3v) is 5.67. The van der Waals surface area contributed by atoms with E-state index in [1.807, 2.05) is 0 Å². The normalized spacial score (nSPS) is 22.2. The molecule has 0 saturated heterocycles. The van der Waals surface area contributed by atoms with Crippen LogP contribution >= 0.6 is 0 Å². The Bertz CT molecular complexity index is 614. The third-order valence-electron chi connectivity index (χ3n) is 4.07. The fraction of sp³-hybridized carbons (Fsp3) is 0.600. The molecular weight excluding hydrogens is 291 g/mol. The molecule has 0 heterocycles. The summed E-state index contributed by atoms with van der Waals surface area (Å²) in [4.78, 5) is -0.0478. The zero-order chi connectivity index (χ0) is 15.7. The number of nitrogens with two attached hydrogens (primary N) is 1. The van der Waals surface area contributed by atoms with E-state index in [4.69, 9.17) is 5.73 Å². The molecule has 0 amide bonds. The Morgan fingerprint density at radius 3 is 2.76 bits per heavy atom. The molecule has 1 unspecified atom stereocenters. The Labute approximate surface area is 126 Å². The lowest BCUT2D eigenvalue weighted by Crippen LogP contribution is -2.41. The third kappa shape index (κ3) is 4.02. The van der Waals surface area contributed by atoms with E-state index in [1.54, 1.807) is 0 Å². The number of hydrogen-bond acceptors (Lipinski definition) is 3. The van der Waals surface area contributed by atoms with Gasteiger partial charge in [0, 0.05) is 12.6 Å². The van der Waals surface area contributed by atoms with E-state index >= 15 is 0 Å². The van der Waals surface area contributed by atoms with Crippen molar-refractivity contribution >= 4 is 10.0 Å². The van der Waals surface area contributed by atoms with E-state index < -0.39 is 15.8 Å².